The van der Waals surface area contributed by atoms with Crippen molar-refractivity contribution in [3.05, 3.63) is 92.4 Å². The van der Waals surface area contributed by atoms with Crippen LogP contribution in [-0.4, -0.2) is 13.0 Å². The van der Waals surface area contributed by atoms with Crippen molar-refractivity contribution < 1.29 is 14.3 Å². The predicted molar refractivity (Wildman–Crippen MR) is 127 cm³/mol. The smallest absolute Gasteiger partial charge is 0.266 e. The fraction of sp³-hybridized carbons (Fsp3) is 0.0833. The van der Waals surface area contributed by atoms with Crippen molar-refractivity contribution in [2.24, 2.45) is 0 Å². The molecule has 32 heavy (non-hydrogen) atoms. The Morgan fingerprint density at radius 1 is 1.03 bits per heavy atom. The average molecular weight is 488 g/mol. The van der Waals surface area contributed by atoms with Crippen LogP contribution in [0.1, 0.15) is 11.1 Å². The number of hydrogen-bond acceptors (Lipinski definition) is 4. The highest BCUT2D eigenvalue weighted by Crippen LogP contribution is 2.29. The number of benzene rings is 3. The van der Waals surface area contributed by atoms with Gasteiger partial charge in [0.25, 0.3) is 5.91 Å². The van der Waals surface area contributed by atoms with Gasteiger partial charge in [0, 0.05) is 37.9 Å². The molecule has 0 aliphatic heterocycles. The molecule has 3 aromatic rings. The van der Waals surface area contributed by atoms with E-state index in [0.29, 0.717) is 37.8 Å². The number of methoxy groups -OCH3 is 1. The highest BCUT2D eigenvalue weighted by molar-refractivity contribution is 6.35. The Morgan fingerprint density at radius 3 is 2.41 bits per heavy atom. The van der Waals surface area contributed by atoms with Gasteiger partial charge in [0.15, 0.2) is 0 Å². The minimum atomic E-state index is -0.558. The summed E-state index contributed by atoms with van der Waals surface area (Å²) >= 11 is 18.0. The van der Waals surface area contributed by atoms with Crippen molar-refractivity contribution in [3.63, 3.8) is 0 Å². The van der Waals surface area contributed by atoms with E-state index in [2.05, 4.69) is 5.32 Å². The summed E-state index contributed by atoms with van der Waals surface area (Å²) in [5.41, 5.74) is 1.68. The zero-order chi connectivity index (χ0) is 23.1. The number of amides is 1. The summed E-state index contributed by atoms with van der Waals surface area (Å²) in [6, 6.07) is 18.7. The maximum atomic E-state index is 12.6. The molecular weight excluding hydrogens is 471 g/mol. The van der Waals surface area contributed by atoms with Gasteiger partial charge in [-0.15, -0.1) is 0 Å². The molecule has 0 saturated carbocycles. The molecule has 0 aromatic heterocycles. The Labute approximate surface area is 200 Å². The van der Waals surface area contributed by atoms with Gasteiger partial charge in [-0.1, -0.05) is 40.9 Å². The molecule has 0 unspecified atom stereocenters. The Hall–Kier alpha value is -3.17. The third-order valence-electron chi connectivity index (χ3n) is 4.39. The second kappa shape index (κ2) is 10.9. The standard InChI is InChI=1S/C24H17Cl3N2O3/c1-31-21-9-3-15(23(12-21)32-14-16-2-4-19(26)11-22(16)27)10-17(13-28)24(30)29-20-7-5-18(25)6-8-20/h2-12H,14H2,1H3,(H,29,30)/b17-10+. The van der Waals surface area contributed by atoms with Crippen LogP contribution < -0.4 is 14.8 Å². The van der Waals surface area contributed by atoms with E-state index in [1.807, 2.05) is 6.07 Å². The fourth-order valence-corrected chi connectivity index (χ4v) is 3.30. The predicted octanol–water partition coefficient (Wildman–Crippen LogP) is 6.78. The lowest BCUT2D eigenvalue weighted by Crippen LogP contribution is -2.13. The van der Waals surface area contributed by atoms with Crippen LogP contribution in [0.4, 0.5) is 5.69 Å². The number of nitriles is 1. The van der Waals surface area contributed by atoms with Gasteiger partial charge >= 0.3 is 0 Å². The van der Waals surface area contributed by atoms with Crippen LogP contribution >= 0.6 is 34.8 Å². The molecule has 0 heterocycles. The molecule has 0 aliphatic rings. The van der Waals surface area contributed by atoms with Gasteiger partial charge in [0.1, 0.15) is 29.7 Å². The number of halogens is 3. The molecule has 3 aromatic carbocycles. The molecule has 0 saturated heterocycles. The first-order valence-corrected chi connectivity index (χ1v) is 10.5. The third kappa shape index (κ3) is 6.18. The summed E-state index contributed by atoms with van der Waals surface area (Å²) in [5.74, 6) is 0.420. The van der Waals surface area contributed by atoms with Crippen LogP contribution in [0.3, 0.4) is 0 Å². The minimum Gasteiger partial charge on any atom is -0.497 e. The number of hydrogen-bond donors (Lipinski definition) is 1. The van der Waals surface area contributed by atoms with E-state index in [-0.39, 0.29) is 12.2 Å². The maximum Gasteiger partial charge on any atom is 0.266 e. The monoisotopic (exact) mass is 486 g/mol. The molecule has 0 radical (unpaired) electrons. The Kier molecular flexibility index (Phi) is 8.02. The average Bonchev–Trinajstić information content (AvgIpc) is 2.78. The molecule has 5 nitrogen and oxygen atoms in total. The molecule has 0 spiro atoms. The van der Waals surface area contributed by atoms with Crippen molar-refractivity contribution >= 4 is 52.5 Å². The zero-order valence-corrected chi connectivity index (χ0v) is 19.1. The second-order valence-electron chi connectivity index (χ2n) is 6.56. The van der Waals surface area contributed by atoms with E-state index in [0.717, 1.165) is 5.56 Å². The van der Waals surface area contributed by atoms with Gasteiger partial charge < -0.3 is 14.8 Å². The molecule has 0 bridgehead atoms. The van der Waals surface area contributed by atoms with Crippen molar-refractivity contribution in [3.8, 4) is 17.6 Å². The molecular formula is C24H17Cl3N2O3. The largest absolute Gasteiger partial charge is 0.497 e. The molecule has 1 amide bonds. The highest BCUT2D eigenvalue weighted by Gasteiger charge is 2.13. The summed E-state index contributed by atoms with van der Waals surface area (Å²) < 4.78 is 11.2. The van der Waals surface area contributed by atoms with Crippen molar-refractivity contribution in [1.29, 1.82) is 5.26 Å². The van der Waals surface area contributed by atoms with E-state index >= 15 is 0 Å². The fourth-order valence-electron chi connectivity index (χ4n) is 2.72. The number of carbonyl (C=O) groups excluding carboxylic acids is 1. The quantitative estimate of drug-likeness (QED) is 0.294. The van der Waals surface area contributed by atoms with E-state index < -0.39 is 5.91 Å². The van der Waals surface area contributed by atoms with Crippen molar-refractivity contribution in [2.45, 2.75) is 6.61 Å². The first-order valence-electron chi connectivity index (χ1n) is 9.33. The second-order valence-corrected chi connectivity index (χ2v) is 7.84. The van der Waals surface area contributed by atoms with Crippen LogP contribution in [-0.2, 0) is 11.4 Å². The van der Waals surface area contributed by atoms with Gasteiger partial charge in [0.2, 0.25) is 0 Å². The lowest BCUT2D eigenvalue weighted by molar-refractivity contribution is -0.112. The van der Waals surface area contributed by atoms with E-state index in [9.17, 15) is 10.1 Å². The summed E-state index contributed by atoms with van der Waals surface area (Å²) in [5, 5.41) is 13.7. The zero-order valence-electron chi connectivity index (χ0n) is 16.9. The Bertz CT molecular complexity index is 1200. The molecule has 162 valence electrons. The number of carbonyl (C=O) groups is 1. The van der Waals surface area contributed by atoms with Crippen LogP contribution in [0.25, 0.3) is 6.08 Å². The van der Waals surface area contributed by atoms with Crippen LogP contribution in [0.15, 0.2) is 66.2 Å². The van der Waals surface area contributed by atoms with Crippen LogP contribution in [0.2, 0.25) is 15.1 Å². The molecule has 0 aliphatic carbocycles. The normalized spacial score (nSPS) is 10.9. The van der Waals surface area contributed by atoms with E-state index in [1.54, 1.807) is 60.7 Å². The molecule has 8 heteroatoms. The van der Waals surface area contributed by atoms with Gasteiger partial charge in [-0.2, -0.15) is 5.26 Å². The van der Waals surface area contributed by atoms with Crippen molar-refractivity contribution in [2.75, 3.05) is 12.4 Å². The lowest BCUT2D eigenvalue weighted by Gasteiger charge is -2.13. The molecule has 1 N–H and O–H groups in total. The van der Waals surface area contributed by atoms with Crippen LogP contribution in [0.5, 0.6) is 11.5 Å². The van der Waals surface area contributed by atoms with Gasteiger partial charge in [0.05, 0.1) is 7.11 Å². The third-order valence-corrected chi connectivity index (χ3v) is 5.22. The Morgan fingerprint density at radius 2 is 1.75 bits per heavy atom. The number of anilines is 1. The topological polar surface area (TPSA) is 71.3 Å². The number of nitrogens with zero attached hydrogens (tertiary/aromatic N) is 1. The first kappa shape index (κ1) is 23.5. The summed E-state index contributed by atoms with van der Waals surface area (Å²) in [4.78, 5) is 12.6. The minimum absolute atomic E-state index is 0.0977. The van der Waals surface area contributed by atoms with Gasteiger partial charge in [-0.05, 0) is 54.6 Å². The van der Waals surface area contributed by atoms with E-state index in [1.165, 1.54) is 13.2 Å². The van der Waals surface area contributed by atoms with Gasteiger partial charge in [-0.3, -0.25) is 4.79 Å². The number of nitrogens with one attached hydrogen (secondary N) is 1. The lowest BCUT2D eigenvalue weighted by atomic mass is 10.1. The summed E-state index contributed by atoms with van der Waals surface area (Å²) in [6.45, 7) is 0.156. The number of ether oxygens (including phenoxy) is 2. The highest BCUT2D eigenvalue weighted by atomic mass is 35.5. The summed E-state index contributed by atoms with van der Waals surface area (Å²) in [6.07, 6.45) is 1.45. The van der Waals surface area contributed by atoms with Crippen molar-refractivity contribution in [1.82, 2.24) is 0 Å². The first-order chi connectivity index (χ1) is 15.4. The SMILES string of the molecule is COc1ccc(/C=C(\C#N)C(=O)Nc2ccc(Cl)cc2)c(OCc2ccc(Cl)cc2Cl)c1. The Balaban J connectivity index is 1.86. The van der Waals surface area contributed by atoms with Gasteiger partial charge in [-0.25, -0.2) is 0 Å². The van der Waals surface area contributed by atoms with E-state index in [4.69, 9.17) is 44.3 Å². The number of rotatable bonds is 7. The molecule has 0 fully saturated rings. The summed E-state index contributed by atoms with van der Waals surface area (Å²) in [7, 11) is 1.53. The molecule has 3 rings (SSSR count). The molecule has 0 atom stereocenters. The maximum absolute atomic E-state index is 12.6. The van der Waals surface area contributed by atoms with Crippen LogP contribution in [0, 0.1) is 11.3 Å².